The molecule has 0 radical (unpaired) electrons. The minimum Gasteiger partial charge on any atom is -0.394 e. The maximum absolute atomic E-state index is 15.5. The Morgan fingerprint density at radius 2 is 1.60 bits per heavy atom. The van der Waals surface area contributed by atoms with Gasteiger partial charge in [-0.2, -0.15) is 16.9 Å². The lowest BCUT2D eigenvalue weighted by atomic mass is 9.82. The Morgan fingerprint density at radius 1 is 0.871 bits per heavy atom. The summed E-state index contributed by atoms with van der Waals surface area (Å²) in [5, 5.41) is 24.5. The topological polar surface area (TPSA) is 266 Å². The molecule has 3 aliphatic heterocycles. The molecule has 19 nitrogen and oxygen atoms in total. The first-order valence-electron chi connectivity index (χ1n) is 29.8. The van der Waals surface area contributed by atoms with Crippen LogP contribution in [0.3, 0.4) is 0 Å². The predicted molar refractivity (Wildman–Crippen MR) is 318 cm³/mol. The number of nitrogens with two attached hydrogens (primary N) is 1. The van der Waals surface area contributed by atoms with Gasteiger partial charge in [-0.3, -0.25) is 38.2 Å². The number of amides is 5. The fourth-order valence-corrected chi connectivity index (χ4v) is 13.6. The van der Waals surface area contributed by atoms with Crippen LogP contribution in [0.2, 0.25) is 0 Å². The number of primary amides is 1. The van der Waals surface area contributed by atoms with E-state index >= 15 is 4.39 Å². The van der Waals surface area contributed by atoms with Crippen molar-refractivity contribution in [1.29, 1.82) is 0 Å². The van der Waals surface area contributed by atoms with Gasteiger partial charge in [0.15, 0.2) is 17.4 Å². The second-order valence-electron chi connectivity index (χ2n) is 24.0. The molecule has 4 aliphatic rings. The van der Waals surface area contributed by atoms with Crippen LogP contribution in [0.1, 0.15) is 128 Å². The number of thioether (sulfide) groups is 1. The number of aromatic amines is 1. The number of nitrogens with one attached hydrogen (secondary N) is 4. The molecule has 1 aliphatic carbocycles. The fourth-order valence-electron chi connectivity index (χ4n) is 13.0. The van der Waals surface area contributed by atoms with Gasteiger partial charge in [0.2, 0.25) is 23.6 Å². The molecule has 3 aromatic carbocycles. The molecule has 7 N–H and O–H groups in total. The quantitative estimate of drug-likeness (QED) is 0.0347. The summed E-state index contributed by atoms with van der Waals surface area (Å²) in [6.45, 7) is 5.04. The summed E-state index contributed by atoms with van der Waals surface area (Å²) >= 11 is 1.48. The Hall–Kier alpha value is -6.78. The number of fused-ring (bicyclic) bond motifs is 2. The molecule has 456 valence electrons. The fraction of sp³-hybridized carbons (Fsp3) is 0.531. The van der Waals surface area contributed by atoms with Crippen molar-refractivity contribution < 1.29 is 57.3 Å². The third kappa shape index (κ3) is 15.3. The Morgan fingerprint density at radius 3 is 2.31 bits per heavy atom. The zero-order valence-corrected chi connectivity index (χ0v) is 50.0. The Labute approximate surface area is 499 Å². The monoisotopic (exact) mass is 1190 g/mol. The number of ketones is 2. The van der Waals surface area contributed by atoms with Crippen molar-refractivity contribution in [3.8, 4) is 0 Å². The molecule has 9 rings (SSSR count). The summed E-state index contributed by atoms with van der Waals surface area (Å²) in [6, 6.07) is 15.8. The minimum absolute atomic E-state index is 0.0437. The number of ether oxygens (including phenoxy) is 3. The molecule has 2 aromatic heterocycles. The summed E-state index contributed by atoms with van der Waals surface area (Å²) < 4.78 is 36.3. The Bertz CT molecular complexity index is 3180. The van der Waals surface area contributed by atoms with E-state index in [-0.39, 0.29) is 56.5 Å². The van der Waals surface area contributed by atoms with Crippen molar-refractivity contribution in [2.24, 2.45) is 36.5 Å². The maximum Gasteiger partial charge on any atom is 0.257 e. The van der Waals surface area contributed by atoms with Gasteiger partial charge in [-0.05, 0) is 111 Å². The summed E-state index contributed by atoms with van der Waals surface area (Å²) in [4.78, 5) is 105. The molecule has 21 heteroatoms. The number of H-pyrrole nitrogens is 1. The molecule has 5 amide bonds. The SMILES string of the molecule is CSCCC(CC(=O)C(CC(N)=O)NC(=O)C(CC(=O)C(CO)NC(=O)[C@H]1CCCN(C(=O)c2c(C)cccc2F)[C@H]1c1ccc(CC2CCCC2)cc1)Cc1c[nH]c2ccccc12)C(=O)NC[C@H]1OC[C@@H](c2cnn(C)c2)[C@H]2OC(C)(C)O[C@H]21. The molecule has 0 spiro atoms. The number of benzene rings is 3. The number of carbonyl (C=O) groups is 7. The highest BCUT2D eigenvalue weighted by Gasteiger charge is 2.53. The van der Waals surface area contributed by atoms with Crippen molar-refractivity contribution in [2.45, 2.75) is 146 Å². The number of aliphatic hydroxyl groups excluding tert-OH is 1. The van der Waals surface area contributed by atoms with Crippen LogP contribution in [0.5, 0.6) is 0 Å². The van der Waals surface area contributed by atoms with Crippen molar-refractivity contribution in [3.05, 3.63) is 125 Å². The van der Waals surface area contributed by atoms with Crippen LogP contribution in [0.15, 0.2) is 85.3 Å². The molecule has 10 atom stereocenters. The third-order valence-electron chi connectivity index (χ3n) is 17.5. The van der Waals surface area contributed by atoms with Crippen molar-refractivity contribution in [1.82, 2.24) is 35.6 Å². The number of piperidine rings is 1. The van der Waals surface area contributed by atoms with Gasteiger partial charge < -0.3 is 50.9 Å². The van der Waals surface area contributed by atoms with E-state index in [1.807, 2.05) is 81.9 Å². The Kier molecular flexibility index (Phi) is 20.8. The molecule has 3 saturated heterocycles. The van der Waals surface area contributed by atoms with Crippen molar-refractivity contribution in [2.75, 3.05) is 38.3 Å². The number of rotatable bonds is 26. The number of hydrogen-bond acceptors (Lipinski definition) is 13. The number of nitrogens with zero attached hydrogens (tertiary/aromatic N) is 3. The van der Waals surface area contributed by atoms with Gasteiger partial charge in [0.05, 0.1) is 55.5 Å². The molecular formula is C64H81FN8O11S. The second kappa shape index (κ2) is 28.2. The average molecular weight is 1190 g/mol. The first-order chi connectivity index (χ1) is 40.8. The van der Waals surface area contributed by atoms with E-state index in [1.54, 1.807) is 30.1 Å². The van der Waals surface area contributed by atoms with Gasteiger partial charge in [0.25, 0.3) is 5.91 Å². The molecule has 4 fully saturated rings. The maximum atomic E-state index is 15.5. The first kappa shape index (κ1) is 62.7. The summed E-state index contributed by atoms with van der Waals surface area (Å²) in [5.74, 6) is -8.33. The number of likely N-dealkylation sites (tertiary alicyclic amines) is 1. The number of aliphatic hydroxyl groups is 1. The average Bonchev–Trinajstić information content (AvgIpc) is 4.54. The molecule has 5 aromatic rings. The van der Waals surface area contributed by atoms with E-state index in [4.69, 9.17) is 19.9 Å². The zero-order chi connectivity index (χ0) is 60.5. The molecule has 1 saturated carbocycles. The lowest BCUT2D eigenvalue weighted by Crippen LogP contribution is -2.53. The lowest BCUT2D eigenvalue weighted by Gasteiger charge is -2.41. The number of hydrogen-bond donors (Lipinski definition) is 6. The molecule has 0 bridgehead atoms. The summed E-state index contributed by atoms with van der Waals surface area (Å²) in [7, 11) is 1.83. The largest absolute Gasteiger partial charge is 0.394 e. The highest BCUT2D eigenvalue weighted by atomic mass is 32.2. The normalized spacial score (nSPS) is 22.7. The van der Waals surface area contributed by atoms with Crippen LogP contribution in [0, 0.1) is 36.4 Å². The second-order valence-corrected chi connectivity index (χ2v) is 25.0. The van der Waals surface area contributed by atoms with Gasteiger partial charge in [-0.1, -0.05) is 80.3 Å². The van der Waals surface area contributed by atoms with E-state index in [1.165, 1.54) is 41.6 Å². The van der Waals surface area contributed by atoms with Crippen LogP contribution in [0.25, 0.3) is 10.9 Å². The van der Waals surface area contributed by atoms with Crippen LogP contribution >= 0.6 is 11.8 Å². The predicted octanol–water partition coefficient (Wildman–Crippen LogP) is 6.48. The van der Waals surface area contributed by atoms with Gasteiger partial charge >= 0.3 is 0 Å². The molecule has 4 unspecified atom stereocenters. The van der Waals surface area contributed by atoms with Crippen LogP contribution in [-0.4, -0.2) is 140 Å². The zero-order valence-electron chi connectivity index (χ0n) is 49.2. The van der Waals surface area contributed by atoms with E-state index in [2.05, 4.69) is 26.0 Å². The summed E-state index contributed by atoms with van der Waals surface area (Å²) in [5.41, 5.74) is 10.2. The standard InChI is InChI=1S/C64H81FN8O11S/c1-37-12-10-17-48(65)56(37)63(81)73-24-11-16-46(57(73)40-21-19-39(20-22-40)26-38-13-6-7-14-38)62(80)71-51(35-74)53(76)29-42(27-43-31-67-49-18-9-8-15-45(43)49)61(79)70-50(30-55(66)77)52(75)28-41(23-25-85-5)60(78)68-33-54-59-58(83-64(2,3)84-59)47(36-82-54)44-32-69-72(4)34-44/h8-10,12,15,17-22,31-32,34,38,41-42,46-47,50-51,54,57-59,67,74H,6-7,11,13-14,16,23-30,33,35-36H2,1-5H3,(H2,66,77)(H,68,78)(H,70,79)(H,71,80)/t41?,42?,46-,47-,50?,51?,54+,57-,58+,59-/m0/s1. The van der Waals surface area contributed by atoms with Crippen molar-refractivity contribution >= 4 is 63.8 Å². The van der Waals surface area contributed by atoms with E-state index in [0.717, 1.165) is 41.3 Å². The number of aromatic nitrogens is 3. The number of aryl methyl sites for hydroxylation is 2. The van der Waals surface area contributed by atoms with Crippen LogP contribution < -0.4 is 21.7 Å². The summed E-state index contributed by atoms with van der Waals surface area (Å²) in [6.07, 6.45) is 10.8. The number of carbonyl (C=O) groups excluding carboxylic acids is 7. The molecular weight excluding hydrogens is 1110 g/mol. The smallest absolute Gasteiger partial charge is 0.257 e. The van der Waals surface area contributed by atoms with Crippen LogP contribution in [0.4, 0.5) is 4.39 Å². The number of Topliss-reactive ketones (excluding diaryl/α,β-unsaturated/α-hetero) is 2. The molecule has 5 heterocycles. The number of para-hydroxylation sites is 1. The first-order valence-corrected chi connectivity index (χ1v) is 31.2. The van der Waals surface area contributed by atoms with Crippen molar-refractivity contribution in [3.63, 3.8) is 0 Å². The third-order valence-corrected chi connectivity index (χ3v) is 18.1. The van der Waals surface area contributed by atoms with E-state index in [0.29, 0.717) is 41.2 Å². The Balaban J connectivity index is 0.912. The highest BCUT2D eigenvalue weighted by molar-refractivity contribution is 7.98. The molecule has 85 heavy (non-hydrogen) atoms. The van der Waals surface area contributed by atoms with Gasteiger partial charge in [0, 0.05) is 74.0 Å². The van der Waals surface area contributed by atoms with Gasteiger partial charge in [0.1, 0.15) is 24.1 Å². The van der Waals surface area contributed by atoms with E-state index < -0.39 is 120 Å². The van der Waals surface area contributed by atoms with Gasteiger partial charge in [-0.15, -0.1) is 0 Å². The van der Waals surface area contributed by atoms with Gasteiger partial charge in [-0.25, -0.2) is 4.39 Å². The van der Waals surface area contributed by atoms with Crippen LogP contribution in [-0.2, 0) is 62.9 Å². The minimum atomic E-state index is -1.51. The number of halogens is 1. The lowest BCUT2D eigenvalue weighted by molar-refractivity contribution is -0.153. The highest BCUT2D eigenvalue weighted by Crippen LogP contribution is 2.43. The van der Waals surface area contributed by atoms with E-state index in [9.17, 15) is 38.7 Å².